The highest BCUT2D eigenvalue weighted by molar-refractivity contribution is 9.11. The molecule has 2 aromatic heterocycles. The summed E-state index contributed by atoms with van der Waals surface area (Å²) in [5.74, 6) is 0.313. The number of thiophene rings is 2. The van der Waals surface area contributed by atoms with Gasteiger partial charge in [-0.25, -0.2) is 8.42 Å². The van der Waals surface area contributed by atoms with Gasteiger partial charge in [-0.15, -0.1) is 22.9 Å². The quantitative estimate of drug-likeness (QED) is 0.708. The predicted molar refractivity (Wildman–Crippen MR) is 84.5 cm³/mol. The topological polar surface area (TPSA) is 37.4 Å². The summed E-state index contributed by atoms with van der Waals surface area (Å²) >= 11 is 11.9. The van der Waals surface area contributed by atoms with Crippen LogP contribution in [0.25, 0.3) is 0 Å². The summed E-state index contributed by atoms with van der Waals surface area (Å²) < 4.78 is 26.9. The van der Waals surface area contributed by atoms with Crippen LogP contribution in [-0.4, -0.2) is 19.8 Å². The number of sulfonamides is 1. The molecule has 0 spiro atoms. The molecule has 0 aliphatic carbocycles. The lowest BCUT2D eigenvalue weighted by atomic mass is 10.3. The smallest absolute Gasteiger partial charge is 0.207 e. The van der Waals surface area contributed by atoms with Gasteiger partial charge in [-0.3, -0.25) is 0 Å². The number of halogens is 2. The Morgan fingerprint density at radius 1 is 1.47 bits per heavy atom. The second-order valence-electron chi connectivity index (χ2n) is 3.88. The van der Waals surface area contributed by atoms with Gasteiger partial charge in [0.05, 0.1) is 9.67 Å². The van der Waals surface area contributed by atoms with Crippen molar-refractivity contribution in [2.24, 2.45) is 0 Å². The highest BCUT2D eigenvalue weighted by atomic mass is 79.9. The summed E-state index contributed by atoms with van der Waals surface area (Å²) in [5.41, 5.74) is 0.986. The number of nitrogens with zero attached hydrogens (tertiary/aromatic N) is 1. The van der Waals surface area contributed by atoms with Crippen LogP contribution in [0.1, 0.15) is 10.4 Å². The first kappa shape index (κ1) is 15.5. The molecule has 0 atom stereocenters. The lowest BCUT2D eigenvalue weighted by Crippen LogP contribution is -2.26. The molecule has 0 amide bonds. The molecular formula is C11H11BrClNO2S3. The van der Waals surface area contributed by atoms with Gasteiger partial charge in [0, 0.05) is 18.5 Å². The van der Waals surface area contributed by atoms with Gasteiger partial charge in [0.15, 0.2) is 0 Å². The number of alkyl halides is 1. The second kappa shape index (κ2) is 6.24. The maximum atomic E-state index is 12.5. The molecule has 0 bridgehead atoms. The predicted octanol–water partition coefficient (Wildman–Crippen LogP) is 4.13. The molecule has 0 saturated heterocycles. The van der Waals surface area contributed by atoms with Crippen LogP contribution in [0.3, 0.4) is 0 Å². The van der Waals surface area contributed by atoms with Crippen molar-refractivity contribution in [3.63, 3.8) is 0 Å². The fraction of sp³-hybridized carbons (Fsp3) is 0.273. The fourth-order valence-corrected chi connectivity index (χ4v) is 6.07. The molecule has 2 rings (SSSR count). The van der Waals surface area contributed by atoms with E-state index in [9.17, 15) is 8.42 Å². The third-order valence-electron chi connectivity index (χ3n) is 2.51. The van der Waals surface area contributed by atoms with Crippen LogP contribution < -0.4 is 0 Å². The SMILES string of the molecule is CN(Cc1ccsc1)S(=O)(=O)c1cc(CCl)sc1Br. The zero-order chi connectivity index (χ0) is 14.0. The average Bonchev–Trinajstić information content (AvgIpc) is 2.98. The highest BCUT2D eigenvalue weighted by Crippen LogP contribution is 2.34. The van der Waals surface area contributed by atoms with E-state index < -0.39 is 10.0 Å². The molecule has 0 unspecified atom stereocenters. The van der Waals surface area contributed by atoms with Crippen LogP contribution in [0, 0.1) is 0 Å². The molecule has 2 aromatic rings. The molecule has 104 valence electrons. The highest BCUT2D eigenvalue weighted by Gasteiger charge is 2.25. The van der Waals surface area contributed by atoms with Gasteiger partial charge in [0.2, 0.25) is 10.0 Å². The molecule has 0 radical (unpaired) electrons. The summed E-state index contributed by atoms with van der Waals surface area (Å²) in [6.07, 6.45) is 0. The third-order valence-corrected chi connectivity index (χ3v) is 7.75. The Labute approximate surface area is 134 Å². The lowest BCUT2D eigenvalue weighted by molar-refractivity contribution is 0.467. The summed E-state index contributed by atoms with van der Waals surface area (Å²) in [6, 6.07) is 3.55. The van der Waals surface area contributed by atoms with E-state index in [4.69, 9.17) is 11.6 Å². The van der Waals surface area contributed by atoms with E-state index in [1.807, 2.05) is 16.8 Å². The molecular weight excluding hydrogens is 390 g/mol. The first-order valence-corrected chi connectivity index (χ1v) is 9.79. The van der Waals surface area contributed by atoms with E-state index in [1.54, 1.807) is 24.5 Å². The molecule has 0 saturated carbocycles. The van der Waals surface area contributed by atoms with Crippen LogP contribution in [0.2, 0.25) is 0 Å². The number of hydrogen-bond donors (Lipinski definition) is 0. The summed E-state index contributed by atoms with van der Waals surface area (Å²) in [4.78, 5) is 1.11. The van der Waals surface area contributed by atoms with Crippen molar-refractivity contribution in [2.45, 2.75) is 17.3 Å². The minimum absolute atomic E-state index is 0.283. The van der Waals surface area contributed by atoms with Gasteiger partial charge in [0.1, 0.15) is 4.90 Å². The zero-order valence-corrected chi connectivity index (χ0v) is 14.8. The molecule has 19 heavy (non-hydrogen) atoms. The van der Waals surface area contributed by atoms with Gasteiger partial charge < -0.3 is 0 Å². The summed E-state index contributed by atoms with van der Waals surface area (Å²) in [5, 5.41) is 3.88. The molecule has 0 N–H and O–H groups in total. The van der Waals surface area contributed by atoms with Crippen LogP contribution in [0.5, 0.6) is 0 Å². The summed E-state index contributed by atoms with van der Waals surface area (Å²) in [6.45, 7) is 0.365. The third kappa shape index (κ3) is 3.40. The van der Waals surface area contributed by atoms with E-state index in [2.05, 4.69) is 15.9 Å². The van der Waals surface area contributed by atoms with Gasteiger partial charge in [-0.2, -0.15) is 15.6 Å². The minimum atomic E-state index is -3.49. The standard InChI is InChI=1S/C11H11BrClNO2S3/c1-14(6-8-2-3-17-7-8)19(15,16)10-4-9(5-13)18-11(10)12/h2-4,7H,5-6H2,1H3. The van der Waals surface area contributed by atoms with Crippen LogP contribution in [0.15, 0.2) is 31.6 Å². The average molecular weight is 401 g/mol. The Balaban J connectivity index is 2.28. The lowest BCUT2D eigenvalue weighted by Gasteiger charge is -2.15. The van der Waals surface area contributed by atoms with Gasteiger partial charge in [-0.1, -0.05) is 0 Å². The van der Waals surface area contributed by atoms with Crippen molar-refractivity contribution >= 4 is 60.2 Å². The molecule has 3 nitrogen and oxygen atoms in total. The number of hydrogen-bond acceptors (Lipinski definition) is 4. The maximum absolute atomic E-state index is 12.5. The second-order valence-corrected chi connectivity index (χ2v) is 9.39. The van der Waals surface area contributed by atoms with Crippen molar-refractivity contribution in [3.05, 3.63) is 37.1 Å². The summed E-state index contributed by atoms with van der Waals surface area (Å²) in [7, 11) is -1.91. The fourth-order valence-electron chi connectivity index (χ4n) is 1.53. The molecule has 0 fully saturated rings. The van der Waals surface area contributed by atoms with Gasteiger partial charge in [-0.05, 0) is 44.4 Å². The molecule has 8 heteroatoms. The first-order valence-electron chi connectivity index (χ1n) is 5.26. The van der Waals surface area contributed by atoms with Crippen LogP contribution in [0.4, 0.5) is 0 Å². The first-order chi connectivity index (χ1) is 8.95. The molecule has 2 heterocycles. The van der Waals surface area contributed by atoms with Crippen molar-refractivity contribution < 1.29 is 8.42 Å². The largest absolute Gasteiger partial charge is 0.245 e. The molecule has 0 aliphatic heterocycles. The van der Waals surface area contributed by atoms with Crippen molar-refractivity contribution in [2.75, 3.05) is 7.05 Å². The van der Waals surface area contributed by atoms with Gasteiger partial charge in [0.25, 0.3) is 0 Å². The van der Waals surface area contributed by atoms with E-state index in [-0.39, 0.29) is 4.90 Å². The maximum Gasteiger partial charge on any atom is 0.245 e. The Morgan fingerprint density at radius 3 is 2.74 bits per heavy atom. The van der Waals surface area contributed by atoms with Crippen LogP contribution in [-0.2, 0) is 22.4 Å². The van der Waals surface area contributed by atoms with E-state index in [0.717, 1.165) is 10.4 Å². The Morgan fingerprint density at radius 2 is 2.21 bits per heavy atom. The Bertz CT molecular complexity index is 652. The van der Waals surface area contributed by atoms with Crippen molar-refractivity contribution in [1.29, 1.82) is 0 Å². The van der Waals surface area contributed by atoms with Gasteiger partial charge >= 0.3 is 0 Å². The monoisotopic (exact) mass is 399 g/mol. The molecule has 0 aliphatic rings. The Kier molecular flexibility index (Phi) is 5.08. The van der Waals surface area contributed by atoms with E-state index in [0.29, 0.717) is 16.2 Å². The number of rotatable bonds is 5. The van der Waals surface area contributed by atoms with Crippen LogP contribution >= 0.6 is 50.2 Å². The van der Waals surface area contributed by atoms with Crippen molar-refractivity contribution in [3.8, 4) is 0 Å². The minimum Gasteiger partial charge on any atom is -0.207 e. The molecule has 0 aromatic carbocycles. The van der Waals surface area contributed by atoms with E-state index in [1.165, 1.54) is 15.6 Å². The van der Waals surface area contributed by atoms with E-state index >= 15 is 0 Å². The van der Waals surface area contributed by atoms with Crippen molar-refractivity contribution in [1.82, 2.24) is 4.31 Å². The Hall–Kier alpha value is 0.0800. The zero-order valence-electron chi connectivity index (χ0n) is 9.97. The normalized spacial score (nSPS) is 12.2.